The van der Waals surface area contributed by atoms with Crippen LogP contribution in [-0.2, 0) is 4.74 Å². The van der Waals surface area contributed by atoms with Crippen molar-refractivity contribution in [1.82, 2.24) is 0 Å². The van der Waals surface area contributed by atoms with Crippen molar-refractivity contribution in [3.63, 3.8) is 0 Å². The van der Waals surface area contributed by atoms with E-state index in [1.165, 1.54) is 12.6 Å². The average molecular weight is 195 g/mol. The van der Waals surface area contributed by atoms with Crippen molar-refractivity contribution in [3.05, 3.63) is 29.8 Å². The topological polar surface area (TPSA) is 38.3 Å². The number of hydrogen-bond acceptors (Lipinski definition) is 3. The molecule has 1 rings (SSSR count). The fraction of sp³-hybridized carbons (Fsp3) is 0.111. The average Bonchev–Trinajstić information content (AvgIpc) is 2.18. The summed E-state index contributed by atoms with van der Waals surface area (Å²) in [5.41, 5.74) is 2.67. The molecule has 0 radical (unpaired) electrons. The molecule has 0 amide bonds. The lowest BCUT2D eigenvalue weighted by molar-refractivity contribution is 0.0601. The summed E-state index contributed by atoms with van der Waals surface area (Å²) in [6.45, 7) is 0. The van der Waals surface area contributed by atoms with E-state index in [4.69, 9.17) is 0 Å². The van der Waals surface area contributed by atoms with E-state index < -0.39 is 0 Å². The van der Waals surface area contributed by atoms with Crippen molar-refractivity contribution in [2.24, 2.45) is 0 Å². The number of hydrogen-bond donors (Lipinski definition) is 1. The molecular weight excluding hydrogens is 186 g/mol. The maximum Gasteiger partial charge on any atom is 0.337 e. The number of rotatable bonds is 3. The normalized spacial score (nSPS) is 9.00. The van der Waals surface area contributed by atoms with Crippen LogP contribution in [0.2, 0.25) is 0 Å². The van der Waals surface area contributed by atoms with Crippen molar-refractivity contribution in [2.75, 3.05) is 12.4 Å². The van der Waals surface area contributed by atoms with Gasteiger partial charge in [0.2, 0.25) is 0 Å². The quantitative estimate of drug-likeness (QED) is 0.590. The summed E-state index contributed by atoms with van der Waals surface area (Å²) < 4.78 is 4.57. The van der Waals surface area contributed by atoms with Crippen LogP contribution in [0.1, 0.15) is 10.4 Å². The molecule has 0 unspecified atom stereocenters. The third kappa shape index (κ3) is 2.52. The molecule has 0 aliphatic carbocycles. The van der Waals surface area contributed by atoms with Crippen LogP contribution in [0.3, 0.4) is 0 Å². The fourth-order valence-electron chi connectivity index (χ4n) is 0.922. The Hall–Kier alpha value is -1.42. The predicted octanol–water partition coefficient (Wildman–Crippen LogP) is 1.84. The van der Waals surface area contributed by atoms with E-state index in [1.54, 1.807) is 18.2 Å². The van der Waals surface area contributed by atoms with E-state index in [-0.39, 0.29) is 5.97 Å². The lowest BCUT2D eigenvalue weighted by Crippen LogP contribution is -2.02. The molecule has 0 fully saturated rings. The van der Waals surface area contributed by atoms with Gasteiger partial charge in [0, 0.05) is 5.69 Å². The monoisotopic (exact) mass is 195 g/mol. The molecule has 68 valence electrons. The SMILES string of the molecule is COC(=O)c1cccc(NC=S)c1. The molecule has 0 saturated heterocycles. The standard InChI is InChI=1S/C9H9NO2S/c1-12-9(11)7-3-2-4-8(5-7)10-6-13/h2-6H,1H3,(H,10,13). The minimum atomic E-state index is -0.354. The molecule has 1 aromatic rings. The minimum absolute atomic E-state index is 0.354. The smallest absolute Gasteiger partial charge is 0.337 e. The second-order valence-corrected chi connectivity index (χ2v) is 2.57. The van der Waals surface area contributed by atoms with E-state index in [1.807, 2.05) is 6.07 Å². The molecule has 0 heterocycles. The Morgan fingerprint density at radius 3 is 3.00 bits per heavy atom. The Kier molecular flexibility index (Phi) is 3.40. The number of carbonyl (C=O) groups is 1. The Balaban J connectivity index is 2.90. The largest absolute Gasteiger partial charge is 0.465 e. The summed E-state index contributed by atoms with van der Waals surface area (Å²) in [6.07, 6.45) is 0. The lowest BCUT2D eigenvalue weighted by atomic mass is 10.2. The van der Waals surface area contributed by atoms with Crippen LogP contribution in [0.15, 0.2) is 24.3 Å². The van der Waals surface area contributed by atoms with Crippen LogP contribution in [0.4, 0.5) is 5.69 Å². The van der Waals surface area contributed by atoms with Gasteiger partial charge >= 0.3 is 5.97 Å². The van der Waals surface area contributed by atoms with Gasteiger partial charge in [0.1, 0.15) is 0 Å². The van der Waals surface area contributed by atoms with Crippen molar-refractivity contribution in [2.45, 2.75) is 0 Å². The fourth-order valence-corrected chi connectivity index (χ4v) is 1.06. The highest BCUT2D eigenvalue weighted by Crippen LogP contribution is 2.10. The summed E-state index contributed by atoms with van der Waals surface area (Å²) in [4.78, 5) is 11.1. The highest BCUT2D eigenvalue weighted by molar-refractivity contribution is 7.79. The van der Waals surface area contributed by atoms with E-state index in [9.17, 15) is 4.79 Å². The number of nitrogens with one attached hydrogen (secondary N) is 1. The van der Waals surface area contributed by atoms with Crippen LogP contribution < -0.4 is 5.32 Å². The van der Waals surface area contributed by atoms with Gasteiger partial charge in [-0.1, -0.05) is 18.3 Å². The first-order chi connectivity index (χ1) is 6.27. The molecular formula is C9H9NO2S. The van der Waals surface area contributed by atoms with Gasteiger partial charge in [-0.2, -0.15) is 0 Å². The highest BCUT2D eigenvalue weighted by atomic mass is 32.1. The molecule has 1 aromatic carbocycles. The molecule has 0 saturated carbocycles. The van der Waals surface area contributed by atoms with Gasteiger partial charge in [-0.3, -0.25) is 0 Å². The third-order valence-corrected chi connectivity index (χ3v) is 1.63. The molecule has 0 aliphatic heterocycles. The van der Waals surface area contributed by atoms with Gasteiger partial charge in [0.25, 0.3) is 0 Å². The molecule has 0 bridgehead atoms. The van der Waals surface area contributed by atoms with Gasteiger partial charge in [-0.25, -0.2) is 4.79 Å². The number of thiocarbonyl (C=S) groups is 1. The molecule has 0 aliphatic rings. The van der Waals surface area contributed by atoms with E-state index >= 15 is 0 Å². The Morgan fingerprint density at radius 2 is 2.38 bits per heavy atom. The lowest BCUT2D eigenvalue weighted by Gasteiger charge is -2.02. The zero-order valence-corrected chi connectivity index (χ0v) is 7.93. The number of anilines is 1. The summed E-state index contributed by atoms with van der Waals surface area (Å²) in [7, 11) is 1.35. The summed E-state index contributed by atoms with van der Waals surface area (Å²) in [5, 5.41) is 2.81. The molecule has 0 atom stereocenters. The van der Waals surface area contributed by atoms with Crippen LogP contribution >= 0.6 is 12.2 Å². The van der Waals surface area contributed by atoms with Crippen molar-refractivity contribution in [3.8, 4) is 0 Å². The second kappa shape index (κ2) is 4.57. The minimum Gasteiger partial charge on any atom is -0.465 e. The first-order valence-electron chi connectivity index (χ1n) is 3.66. The van der Waals surface area contributed by atoms with Crippen LogP contribution in [-0.4, -0.2) is 18.6 Å². The molecule has 3 nitrogen and oxygen atoms in total. The molecule has 0 aromatic heterocycles. The van der Waals surface area contributed by atoms with Crippen LogP contribution in [0.25, 0.3) is 0 Å². The van der Waals surface area contributed by atoms with Crippen LogP contribution in [0, 0.1) is 0 Å². The van der Waals surface area contributed by atoms with Gasteiger partial charge < -0.3 is 10.1 Å². The van der Waals surface area contributed by atoms with Gasteiger partial charge in [-0.15, -0.1) is 0 Å². The molecule has 4 heteroatoms. The molecule has 0 spiro atoms. The maximum atomic E-state index is 11.1. The first kappa shape index (κ1) is 9.67. The maximum absolute atomic E-state index is 11.1. The number of benzene rings is 1. The number of carbonyl (C=O) groups excluding carboxylic acids is 1. The first-order valence-corrected chi connectivity index (χ1v) is 4.13. The summed E-state index contributed by atoms with van der Waals surface area (Å²) in [6, 6.07) is 6.93. The zero-order chi connectivity index (χ0) is 9.68. The van der Waals surface area contributed by atoms with Crippen molar-refractivity contribution in [1.29, 1.82) is 0 Å². The van der Waals surface area contributed by atoms with Crippen molar-refractivity contribution < 1.29 is 9.53 Å². The molecule has 1 N–H and O–H groups in total. The summed E-state index contributed by atoms with van der Waals surface area (Å²) >= 11 is 4.62. The number of esters is 1. The summed E-state index contributed by atoms with van der Waals surface area (Å²) in [5.74, 6) is -0.354. The van der Waals surface area contributed by atoms with Gasteiger partial charge in [0.15, 0.2) is 0 Å². The van der Waals surface area contributed by atoms with Crippen molar-refractivity contribution >= 4 is 29.4 Å². The van der Waals surface area contributed by atoms with Gasteiger partial charge in [-0.05, 0) is 18.2 Å². The Bertz CT molecular complexity index is 325. The number of methoxy groups -OCH3 is 1. The van der Waals surface area contributed by atoms with Crippen LogP contribution in [0.5, 0.6) is 0 Å². The Labute approximate surface area is 81.7 Å². The Morgan fingerprint density at radius 1 is 1.62 bits per heavy atom. The van der Waals surface area contributed by atoms with E-state index in [0.29, 0.717) is 5.56 Å². The highest BCUT2D eigenvalue weighted by Gasteiger charge is 2.04. The number of ether oxygens (including phenoxy) is 1. The van der Waals surface area contributed by atoms with Gasteiger partial charge in [0.05, 0.1) is 18.2 Å². The molecule has 13 heavy (non-hydrogen) atoms. The second-order valence-electron chi connectivity index (χ2n) is 2.33. The van der Waals surface area contributed by atoms with E-state index in [2.05, 4.69) is 22.3 Å². The van der Waals surface area contributed by atoms with E-state index in [0.717, 1.165) is 5.69 Å². The predicted molar refractivity (Wildman–Crippen MR) is 55.1 cm³/mol. The third-order valence-electron chi connectivity index (χ3n) is 1.51. The zero-order valence-electron chi connectivity index (χ0n) is 7.11.